The minimum Gasteiger partial charge on any atom is -0.457 e. The zero-order valence-electron chi connectivity index (χ0n) is 12.0. The van der Waals surface area contributed by atoms with Crippen LogP contribution in [0.5, 0.6) is 11.5 Å². The number of nitrogens with one attached hydrogen (secondary N) is 1. The van der Waals surface area contributed by atoms with Crippen LogP contribution in [0, 0.1) is 6.92 Å². The largest absolute Gasteiger partial charge is 0.457 e. The molecule has 0 spiro atoms. The van der Waals surface area contributed by atoms with Crippen molar-refractivity contribution in [2.75, 3.05) is 5.32 Å². The van der Waals surface area contributed by atoms with Crippen molar-refractivity contribution in [3.63, 3.8) is 0 Å². The Bertz CT molecular complexity index is 761. The van der Waals surface area contributed by atoms with Gasteiger partial charge in [0.1, 0.15) is 17.3 Å². The third-order valence-electron chi connectivity index (χ3n) is 3.04. The second kappa shape index (κ2) is 6.45. The second-order valence-corrected chi connectivity index (χ2v) is 5.07. The molecular weight excluding hydrogens is 298 g/mol. The molecule has 22 heavy (non-hydrogen) atoms. The van der Waals surface area contributed by atoms with Gasteiger partial charge in [0.05, 0.1) is 0 Å². The number of aryl methyl sites for hydroxylation is 1. The standard InChI is InChI=1S/C17H14ClN3O/c1-12-11-19-17(18)21-16(12)20-13-7-9-15(10-8-13)22-14-5-3-2-4-6-14/h2-11H,1H3,(H,19,20,21). The van der Waals surface area contributed by atoms with E-state index in [1.54, 1.807) is 6.20 Å². The monoisotopic (exact) mass is 311 g/mol. The lowest BCUT2D eigenvalue weighted by Gasteiger charge is -2.10. The molecule has 0 amide bonds. The van der Waals surface area contributed by atoms with Gasteiger partial charge in [0.2, 0.25) is 5.28 Å². The average Bonchev–Trinajstić information content (AvgIpc) is 2.54. The number of hydrogen-bond donors (Lipinski definition) is 1. The maximum atomic E-state index is 5.82. The van der Waals surface area contributed by atoms with Gasteiger partial charge in [-0.25, -0.2) is 9.97 Å². The van der Waals surface area contributed by atoms with Crippen molar-refractivity contribution in [2.45, 2.75) is 6.92 Å². The lowest BCUT2D eigenvalue weighted by molar-refractivity contribution is 0.483. The Morgan fingerprint density at radius 2 is 1.64 bits per heavy atom. The molecule has 4 nitrogen and oxygen atoms in total. The molecule has 0 saturated heterocycles. The molecule has 0 bridgehead atoms. The number of hydrogen-bond acceptors (Lipinski definition) is 4. The van der Waals surface area contributed by atoms with Crippen LogP contribution in [0.3, 0.4) is 0 Å². The number of halogens is 1. The molecule has 0 aliphatic rings. The highest BCUT2D eigenvalue weighted by Gasteiger charge is 2.03. The Balaban J connectivity index is 1.73. The zero-order valence-corrected chi connectivity index (χ0v) is 12.7. The Morgan fingerprint density at radius 1 is 0.955 bits per heavy atom. The summed E-state index contributed by atoms with van der Waals surface area (Å²) in [6.45, 7) is 1.92. The van der Waals surface area contributed by atoms with Gasteiger partial charge in [-0.15, -0.1) is 0 Å². The fourth-order valence-electron chi connectivity index (χ4n) is 1.91. The number of anilines is 2. The molecular formula is C17H14ClN3O. The van der Waals surface area contributed by atoms with Crippen molar-refractivity contribution in [3.05, 3.63) is 71.6 Å². The summed E-state index contributed by atoms with van der Waals surface area (Å²) in [6, 6.07) is 17.3. The summed E-state index contributed by atoms with van der Waals surface area (Å²) in [7, 11) is 0. The van der Waals surface area contributed by atoms with Crippen molar-refractivity contribution in [3.8, 4) is 11.5 Å². The molecule has 110 valence electrons. The highest BCUT2D eigenvalue weighted by Crippen LogP contribution is 2.24. The average molecular weight is 312 g/mol. The van der Waals surface area contributed by atoms with E-state index < -0.39 is 0 Å². The molecule has 1 aromatic heterocycles. The van der Waals surface area contributed by atoms with Crippen LogP contribution < -0.4 is 10.1 Å². The van der Waals surface area contributed by atoms with Gasteiger partial charge in [0.25, 0.3) is 0 Å². The normalized spacial score (nSPS) is 10.3. The Labute approximate surface area is 133 Å². The SMILES string of the molecule is Cc1cnc(Cl)nc1Nc1ccc(Oc2ccccc2)cc1. The number of aromatic nitrogens is 2. The topological polar surface area (TPSA) is 47.0 Å². The molecule has 3 rings (SSSR count). The van der Waals surface area contributed by atoms with Crippen molar-refractivity contribution in [1.82, 2.24) is 9.97 Å². The summed E-state index contributed by atoms with van der Waals surface area (Å²) < 4.78 is 5.75. The van der Waals surface area contributed by atoms with Crippen molar-refractivity contribution >= 4 is 23.1 Å². The minimum atomic E-state index is 0.220. The van der Waals surface area contributed by atoms with Gasteiger partial charge in [-0.3, -0.25) is 0 Å². The van der Waals surface area contributed by atoms with Crippen LogP contribution in [-0.2, 0) is 0 Å². The molecule has 0 unspecified atom stereocenters. The lowest BCUT2D eigenvalue weighted by atomic mass is 10.2. The van der Waals surface area contributed by atoms with E-state index in [9.17, 15) is 0 Å². The van der Waals surface area contributed by atoms with Gasteiger partial charge in [-0.2, -0.15) is 0 Å². The second-order valence-electron chi connectivity index (χ2n) is 4.74. The van der Waals surface area contributed by atoms with E-state index in [2.05, 4.69) is 15.3 Å². The summed E-state index contributed by atoms with van der Waals surface area (Å²) in [5.74, 6) is 2.27. The summed E-state index contributed by atoms with van der Waals surface area (Å²) in [5, 5.41) is 3.43. The number of para-hydroxylation sites is 1. The first kappa shape index (κ1) is 14.4. The van der Waals surface area contributed by atoms with Crippen LogP contribution in [0.2, 0.25) is 5.28 Å². The molecule has 0 fully saturated rings. The highest BCUT2D eigenvalue weighted by molar-refractivity contribution is 6.28. The van der Waals surface area contributed by atoms with E-state index in [-0.39, 0.29) is 5.28 Å². The maximum Gasteiger partial charge on any atom is 0.224 e. The molecule has 1 heterocycles. The number of rotatable bonds is 4. The molecule has 0 atom stereocenters. The van der Waals surface area contributed by atoms with Crippen molar-refractivity contribution in [1.29, 1.82) is 0 Å². The summed E-state index contributed by atoms with van der Waals surface area (Å²) in [6.07, 6.45) is 1.69. The number of ether oxygens (including phenoxy) is 1. The smallest absolute Gasteiger partial charge is 0.224 e. The summed E-state index contributed by atoms with van der Waals surface area (Å²) >= 11 is 5.82. The van der Waals surface area contributed by atoms with E-state index in [4.69, 9.17) is 16.3 Å². The maximum absolute atomic E-state index is 5.82. The van der Waals surface area contributed by atoms with Gasteiger partial charge >= 0.3 is 0 Å². The minimum absolute atomic E-state index is 0.220. The quantitative estimate of drug-likeness (QED) is 0.691. The van der Waals surface area contributed by atoms with Crippen molar-refractivity contribution in [2.24, 2.45) is 0 Å². The molecule has 0 aliphatic heterocycles. The van der Waals surface area contributed by atoms with Gasteiger partial charge < -0.3 is 10.1 Å². The first-order valence-corrected chi connectivity index (χ1v) is 7.17. The van der Waals surface area contributed by atoms with E-state index in [0.717, 1.165) is 22.7 Å². The third kappa shape index (κ3) is 3.54. The molecule has 5 heteroatoms. The molecule has 2 aromatic carbocycles. The highest BCUT2D eigenvalue weighted by atomic mass is 35.5. The van der Waals surface area contributed by atoms with Crippen LogP contribution >= 0.6 is 11.6 Å². The first-order chi connectivity index (χ1) is 10.7. The predicted octanol–water partition coefficient (Wildman–Crippen LogP) is 4.97. The molecule has 0 aliphatic carbocycles. The van der Waals surface area contributed by atoms with Crippen LogP contribution in [-0.4, -0.2) is 9.97 Å². The van der Waals surface area contributed by atoms with E-state index in [1.165, 1.54) is 0 Å². The van der Waals surface area contributed by atoms with Gasteiger partial charge in [0, 0.05) is 17.4 Å². The van der Waals surface area contributed by atoms with Gasteiger partial charge in [-0.1, -0.05) is 18.2 Å². The van der Waals surface area contributed by atoms with E-state index >= 15 is 0 Å². The van der Waals surface area contributed by atoms with Crippen LogP contribution in [0.4, 0.5) is 11.5 Å². The Morgan fingerprint density at radius 3 is 2.36 bits per heavy atom. The van der Waals surface area contributed by atoms with Crippen LogP contribution in [0.25, 0.3) is 0 Å². The van der Waals surface area contributed by atoms with E-state index in [0.29, 0.717) is 5.82 Å². The van der Waals surface area contributed by atoms with E-state index in [1.807, 2.05) is 61.5 Å². The zero-order chi connectivity index (χ0) is 15.4. The predicted molar refractivity (Wildman–Crippen MR) is 88.0 cm³/mol. The number of benzene rings is 2. The van der Waals surface area contributed by atoms with Crippen molar-refractivity contribution < 1.29 is 4.74 Å². The molecule has 1 N–H and O–H groups in total. The fraction of sp³-hybridized carbons (Fsp3) is 0.0588. The van der Waals surface area contributed by atoms with Gasteiger partial charge in [-0.05, 0) is 54.9 Å². The first-order valence-electron chi connectivity index (χ1n) is 6.80. The summed E-state index contributed by atoms with van der Waals surface area (Å²) in [5.41, 5.74) is 1.83. The third-order valence-corrected chi connectivity index (χ3v) is 3.22. The fourth-order valence-corrected chi connectivity index (χ4v) is 2.05. The lowest BCUT2D eigenvalue weighted by Crippen LogP contribution is -1.98. The Kier molecular flexibility index (Phi) is 4.21. The van der Waals surface area contributed by atoms with Gasteiger partial charge in [0.15, 0.2) is 0 Å². The molecule has 3 aromatic rings. The molecule has 0 radical (unpaired) electrons. The Hall–Kier alpha value is -2.59. The number of nitrogens with zero attached hydrogens (tertiary/aromatic N) is 2. The van der Waals surface area contributed by atoms with Crippen LogP contribution in [0.15, 0.2) is 60.8 Å². The van der Waals surface area contributed by atoms with Crippen LogP contribution in [0.1, 0.15) is 5.56 Å². The summed E-state index contributed by atoms with van der Waals surface area (Å²) in [4.78, 5) is 8.11. The molecule has 0 saturated carbocycles.